The molecule has 0 aliphatic carbocycles. The lowest BCUT2D eigenvalue weighted by Gasteiger charge is -2.21. The van der Waals surface area contributed by atoms with E-state index in [9.17, 15) is 14.9 Å². The normalized spacial score (nSPS) is 13.4. The maximum atomic E-state index is 13.0. The van der Waals surface area contributed by atoms with Gasteiger partial charge in [-0.15, -0.1) is 0 Å². The van der Waals surface area contributed by atoms with Gasteiger partial charge in [0.1, 0.15) is 0 Å². The molecule has 1 aromatic heterocycles. The minimum absolute atomic E-state index is 0.0921. The number of nitrogens with zero attached hydrogens (tertiary/aromatic N) is 4. The number of carbonyl (C=O) groups is 1. The summed E-state index contributed by atoms with van der Waals surface area (Å²) in [5.41, 5.74) is 2.59. The predicted octanol–water partition coefficient (Wildman–Crippen LogP) is 3.69. The number of hydrogen-bond donors (Lipinski definition) is 1. The molecule has 3 aromatic rings. The minimum Gasteiger partial charge on any atom is -0.371 e. The van der Waals surface area contributed by atoms with Crippen molar-refractivity contribution in [3.63, 3.8) is 0 Å². The van der Waals surface area contributed by atoms with Gasteiger partial charge in [0.15, 0.2) is 0 Å². The molecule has 0 saturated carbocycles. The Balaban J connectivity index is 1.59. The monoisotopic (exact) mass is 391 g/mol. The highest BCUT2D eigenvalue weighted by atomic mass is 16.6. The molecule has 1 N–H and O–H groups in total. The van der Waals surface area contributed by atoms with Gasteiger partial charge in [-0.1, -0.05) is 12.1 Å². The highest BCUT2D eigenvalue weighted by molar-refractivity contribution is 6.08. The summed E-state index contributed by atoms with van der Waals surface area (Å²) in [6, 6.07) is 13.8. The van der Waals surface area contributed by atoms with Crippen LogP contribution in [0.2, 0.25) is 0 Å². The third-order valence-corrected chi connectivity index (χ3v) is 4.97. The summed E-state index contributed by atoms with van der Waals surface area (Å²) < 4.78 is 1.80. The summed E-state index contributed by atoms with van der Waals surface area (Å²) in [6.45, 7) is 2.28. The molecule has 0 atom stereocenters. The molecular weight excluding hydrogens is 370 g/mol. The maximum absolute atomic E-state index is 13.0. The summed E-state index contributed by atoms with van der Waals surface area (Å²) in [5.74, 6) is -0.355. The van der Waals surface area contributed by atoms with Crippen molar-refractivity contribution in [3.05, 3.63) is 82.2 Å². The molecule has 2 heterocycles. The fraction of sp³-hybridized carbons (Fsp3) is 0.238. The molecule has 8 nitrogen and oxygen atoms in total. The van der Waals surface area contributed by atoms with Crippen LogP contribution in [0, 0.1) is 10.1 Å². The topological polar surface area (TPSA) is 93.3 Å². The molecule has 1 amide bonds. The average molecular weight is 391 g/mol. The molecule has 1 aliphatic rings. The third kappa shape index (κ3) is 4.26. The number of nitrogens with one attached hydrogen (secondary N) is 1. The number of carbonyl (C=O) groups excluding carboxylic acids is 1. The number of benzene rings is 2. The number of aromatic nitrogens is 2. The second kappa shape index (κ2) is 8.14. The van der Waals surface area contributed by atoms with Gasteiger partial charge in [0.25, 0.3) is 11.6 Å². The van der Waals surface area contributed by atoms with Gasteiger partial charge in [0, 0.05) is 43.3 Å². The van der Waals surface area contributed by atoms with Crippen molar-refractivity contribution in [2.75, 3.05) is 23.3 Å². The van der Waals surface area contributed by atoms with E-state index in [1.165, 1.54) is 12.1 Å². The number of nitro groups is 1. The van der Waals surface area contributed by atoms with Crippen LogP contribution in [-0.2, 0) is 6.54 Å². The summed E-state index contributed by atoms with van der Waals surface area (Å²) >= 11 is 0. The van der Waals surface area contributed by atoms with E-state index in [0.717, 1.165) is 37.2 Å². The molecule has 2 aromatic carbocycles. The Bertz CT molecular complexity index is 1030. The second-order valence-corrected chi connectivity index (χ2v) is 7.01. The van der Waals surface area contributed by atoms with Crippen molar-refractivity contribution in [2.45, 2.75) is 19.4 Å². The lowest BCUT2D eigenvalue weighted by molar-refractivity contribution is -0.384. The number of rotatable bonds is 6. The SMILES string of the molecule is O=C(Nc1cccc(Cn2cccn2)c1)c1cc([N+](=O)[O-])ccc1N1CCCC1. The van der Waals surface area contributed by atoms with Crippen molar-refractivity contribution >= 4 is 23.0 Å². The second-order valence-electron chi connectivity index (χ2n) is 7.01. The molecule has 1 saturated heterocycles. The zero-order chi connectivity index (χ0) is 20.2. The quantitative estimate of drug-likeness (QED) is 0.511. The first-order valence-corrected chi connectivity index (χ1v) is 9.51. The standard InChI is InChI=1S/C21H21N5O3/c27-21(23-17-6-3-5-16(13-17)15-25-12-4-9-22-25)19-14-18(26(28)29)7-8-20(19)24-10-1-2-11-24/h3-9,12-14H,1-2,10-11,15H2,(H,23,27). The summed E-state index contributed by atoms with van der Waals surface area (Å²) in [5, 5.41) is 18.3. The Morgan fingerprint density at radius 3 is 2.69 bits per heavy atom. The van der Waals surface area contributed by atoms with E-state index in [1.54, 1.807) is 23.0 Å². The molecule has 0 unspecified atom stereocenters. The third-order valence-electron chi connectivity index (χ3n) is 4.97. The van der Waals surface area contributed by atoms with Crippen molar-refractivity contribution in [3.8, 4) is 0 Å². The van der Waals surface area contributed by atoms with Gasteiger partial charge < -0.3 is 10.2 Å². The Morgan fingerprint density at radius 1 is 1.14 bits per heavy atom. The smallest absolute Gasteiger partial charge is 0.270 e. The van der Waals surface area contributed by atoms with Crippen LogP contribution in [0.5, 0.6) is 0 Å². The summed E-state index contributed by atoms with van der Waals surface area (Å²) in [4.78, 5) is 25.9. The Labute approximate surface area is 167 Å². The highest BCUT2D eigenvalue weighted by Gasteiger charge is 2.22. The Morgan fingerprint density at radius 2 is 1.97 bits per heavy atom. The van der Waals surface area contributed by atoms with E-state index < -0.39 is 4.92 Å². The fourth-order valence-corrected chi connectivity index (χ4v) is 3.58. The van der Waals surface area contributed by atoms with Crippen LogP contribution in [0.3, 0.4) is 0 Å². The van der Waals surface area contributed by atoms with Gasteiger partial charge in [-0.05, 0) is 42.7 Å². The first kappa shape index (κ1) is 18.7. The van der Waals surface area contributed by atoms with Crippen LogP contribution in [0.1, 0.15) is 28.8 Å². The molecule has 29 heavy (non-hydrogen) atoms. The van der Waals surface area contributed by atoms with Gasteiger partial charge in [-0.25, -0.2) is 0 Å². The molecule has 0 spiro atoms. The number of nitro benzene ring substituents is 1. The number of non-ortho nitro benzene ring substituents is 1. The van der Waals surface area contributed by atoms with Crippen LogP contribution < -0.4 is 10.2 Å². The fourth-order valence-electron chi connectivity index (χ4n) is 3.58. The van der Waals surface area contributed by atoms with Crippen molar-refractivity contribution < 1.29 is 9.72 Å². The van der Waals surface area contributed by atoms with E-state index in [0.29, 0.717) is 17.8 Å². The van der Waals surface area contributed by atoms with Crippen molar-refractivity contribution in [2.24, 2.45) is 0 Å². The first-order chi connectivity index (χ1) is 14.1. The van der Waals surface area contributed by atoms with E-state index in [1.807, 2.05) is 30.5 Å². The maximum Gasteiger partial charge on any atom is 0.270 e. The van der Waals surface area contributed by atoms with Crippen molar-refractivity contribution in [1.29, 1.82) is 0 Å². The lowest BCUT2D eigenvalue weighted by Crippen LogP contribution is -2.23. The Kier molecular flexibility index (Phi) is 5.24. The molecule has 1 aliphatic heterocycles. The number of amides is 1. The zero-order valence-corrected chi connectivity index (χ0v) is 15.8. The zero-order valence-electron chi connectivity index (χ0n) is 15.8. The van der Waals surface area contributed by atoms with Crippen LogP contribution in [0.25, 0.3) is 0 Å². The van der Waals surface area contributed by atoms with E-state index in [4.69, 9.17) is 0 Å². The van der Waals surface area contributed by atoms with Gasteiger partial charge in [-0.2, -0.15) is 5.10 Å². The molecule has 148 valence electrons. The molecule has 1 fully saturated rings. The average Bonchev–Trinajstić information content (AvgIpc) is 3.42. The highest BCUT2D eigenvalue weighted by Crippen LogP contribution is 2.29. The predicted molar refractivity (Wildman–Crippen MR) is 110 cm³/mol. The molecule has 0 radical (unpaired) electrons. The summed E-state index contributed by atoms with van der Waals surface area (Å²) in [6.07, 6.45) is 5.69. The minimum atomic E-state index is -0.477. The van der Waals surface area contributed by atoms with E-state index in [2.05, 4.69) is 15.3 Å². The van der Waals surface area contributed by atoms with Crippen LogP contribution in [0.4, 0.5) is 17.1 Å². The van der Waals surface area contributed by atoms with E-state index >= 15 is 0 Å². The van der Waals surface area contributed by atoms with E-state index in [-0.39, 0.29) is 11.6 Å². The van der Waals surface area contributed by atoms with Crippen LogP contribution in [-0.4, -0.2) is 33.7 Å². The first-order valence-electron chi connectivity index (χ1n) is 9.51. The van der Waals surface area contributed by atoms with Crippen LogP contribution >= 0.6 is 0 Å². The number of hydrogen-bond acceptors (Lipinski definition) is 5. The van der Waals surface area contributed by atoms with Gasteiger partial charge in [0.05, 0.1) is 22.7 Å². The number of anilines is 2. The van der Waals surface area contributed by atoms with Gasteiger partial charge in [0.2, 0.25) is 0 Å². The largest absolute Gasteiger partial charge is 0.371 e. The van der Waals surface area contributed by atoms with Crippen molar-refractivity contribution in [1.82, 2.24) is 9.78 Å². The molecule has 8 heteroatoms. The summed E-state index contributed by atoms with van der Waals surface area (Å²) in [7, 11) is 0. The molecular formula is C21H21N5O3. The molecule has 4 rings (SSSR count). The van der Waals surface area contributed by atoms with Crippen LogP contribution in [0.15, 0.2) is 60.9 Å². The lowest BCUT2D eigenvalue weighted by atomic mass is 10.1. The van der Waals surface area contributed by atoms with Gasteiger partial charge >= 0.3 is 0 Å². The molecule has 0 bridgehead atoms. The van der Waals surface area contributed by atoms with Gasteiger partial charge in [-0.3, -0.25) is 19.6 Å². The Hall–Kier alpha value is -3.68.